The molecular weight excluding hydrogens is 1640 g/mol. The average molecular weight is 1730 g/mol. The van der Waals surface area contributed by atoms with E-state index in [-0.39, 0.29) is 34.8 Å². The summed E-state index contributed by atoms with van der Waals surface area (Å²) in [6, 6.07) is 4.78. The van der Waals surface area contributed by atoms with Gasteiger partial charge in [0.2, 0.25) is 59.7 Å². The molecule has 7 amide bonds. The van der Waals surface area contributed by atoms with Crippen LogP contribution in [0.3, 0.4) is 0 Å². The molecule has 0 unspecified atom stereocenters. The molecule has 0 aliphatic carbocycles. The van der Waals surface area contributed by atoms with Gasteiger partial charge in [-0.05, 0) is 120 Å². The predicted octanol–water partition coefficient (Wildman–Crippen LogP) is 3.88. The smallest absolute Gasteiger partial charge is 0.337 e. The van der Waals surface area contributed by atoms with Crippen molar-refractivity contribution in [2.24, 2.45) is 5.92 Å². The van der Waals surface area contributed by atoms with E-state index in [0.29, 0.717) is 24.3 Å². The Kier molecular flexibility index (Phi) is 26.8. The molecule has 0 spiro atoms. The highest BCUT2D eigenvalue weighted by Gasteiger charge is 2.52. The van der Waals surface area contributed by atoms with Gasteiger partial charge in [0.25, 0.3) is 0 Å². The summed E-state index contributed by atoms with van der Waals surface area (Å²) < 4.78 is 49.4. The van der Waals surface area contributed by atoms with Gasteiger partial charge in [-0.25, -0.2) is 9.59 Å². The van der Waals surface area contributed by atoms with Crippen LogP contribution in [0.15, 0.2) is 115 Å². The number of hydrogen-bond acceptors (Lipinski definition) is 29. The van der Waals surface area contributed by atoms with Crippen molar-refractivity contribution in [2.45, 2.75) is 175 Å². The Bertz CT molecular complexity index is 5200. The Hall–Kier alpha value is -11.9. The zero-order valence-corrected chi connectivity index (χ0v) is 66.9. The number of carboxylic acids is 1. The predicted molar refractivity (Wildman–Crippen MR) is 423 cm³/mol. The molecule has 2 saturated heterocycles. The second kappa shape index (κ2) is 37.2. The number of halogens is 2. The Balaban J connectivity index is 1.05. The highest BCUT2D eigenvalue weighted by Crippen LogP contribution is 2.50. The molecule has 15 rings (SSSR count). The quantitative estimate of drug-likeness (QED) is 0.0454. The van der Waals surface area contributed by atoms with Crippen LogP contribution >= 0.6 is 23.2 Å². The van der Waals surface area contributed by atoms with Gasteiger partial charge in [-0.15, -0.1) is 0 Å². The molecule has 7 aromatic carbocycles. The summed E-state index contributed by atoms with van der Waals surface area (Å²) in [6.45, 7) is 3.23. The highest BCUT2D eigenvalue weighted by molar-refractivity contribution is 6.33. The van der Waals surface area contributed by atoms with Crippen LogP contribution in [0, 0.1) is 5.92 Å². The second-order valence-corrected chi connectivity index (χ2v) is 31.2. The molecule has 2 fully saturated rings. The number of carboxylic acid groups (broad SMARTS) is 1. The fourth-order valence-electron chi connectivity index (χ4n) is 15.1. The first-order valence-corrected chi connectivity index (χ1v) is 39.6. The number of aromatic hydroxyl groups is 4. The number of phenols is 4. The lowest BCUT2D eigenvalue weighted by Crippen LogP contribution is -2.66. The minimum atomic E-state index is -2.45. The molecule has 122 heavy (non-hydrogen) atoms. The summed E-state index contributed by atoms with van der Waals surface area (Å²) in [5, 5.41) is 157. The molecule has 39 heteroatoms. The Morgan fingerprint density at radius 3 is 1.90 bits per heavy atom. The number of aliphatic carboxylic acids is 1. The Morgan fingerprint density at radius 1 is 0.557 bits per heavy atom. The summed E-state index contributed by atoms with van der Waals surface area (Å²) in [6.07, 6.45) is -16.8. The minimum Gasteiger partial charge on any atom is -0.508 e. The van der Waals surface area contributed by atoms with E-state index >= 15 is 24.0 Å². The molecule has 18 atom stereocenters. The minimum absolute atomic E-state index is 0.129. The first-order chi connectivity index (χ1) is 58.2. The van der Waals surface area contributed by atoms with Crippen LogP contribution in [-0.4, -0.2) is 209 Å². The number of carbonyl (C=O) groups excluding carboxylic acids is 8. The van der Waals surface area contributed by atoms with E-state index in [4.69, 9.17) is 61.1 Å². The third-order valence-corrected chi connectivity index (χ3v) is 22.3. The van der Waals surface area contributed by atoms with Crippen LogP contribution in [0.4, 0.5) is 0 Å². The molecule has 0 saturated carbocycles. The lowest BCUT2D eigenvalue weighted by atomic mass is 9.89. The largest absolute Gasteiger partial charge is 0.508 e. The van der Waals surface area contributed by atoms with Crippen molar-refractivity contribution >= 4 is 76.5 Å². The van der Waals surface area contributed by atoms with Gasteiger partial charge in [-0.1, -0.05) is 99.5 Å². The molecule has 17 bridgehead atoms. The number of methoxy groups -OCH3 is 1. The lowest BCUT2D eigenvalue weighted by molar-refractivity contribution is -0.277. The van der Waals surface area contributed by atoms with E-state index in [9.17, 15) is 80.5 Å². The third kappa shape index (κ3) is 18.8. The number of aliphatic hydroxyl groups is 7. The zero-order chi connectivity index (χ0) is 87.6. The van der Waals surface area contributed by atoms with Gasteiger partial charge in [-0.3, -0.25) is 33.6 Å². The molecular formula is C83H88Cl2N8O29. The molecule has 0 aromatic heterocycles. The van der Waals surface area contributed by atoms with Gasteiger partial charge in [-0.2, -0.15) is 0 Å². The number of rotatable bonds is 17. The van der Waals surface area contributed by atoms with Crippen LogP contribution < -0.4 is 66.2 Å². The maximum Gasteiger partial charge on any atom is 0.337 e. The maximum atomic E-state index is 16.7. The number of aliphatic hydroxyl groups excluding tert-OH is 7. The van der Waals surface area contributed by atoms with Crippen molar-refractivity contribution < 1.29 is 142 Å². The van der Waals surface area contributed by atoms with Crippen LogP contribution in [-0.2, 0) is 63.8 Å². The first kappa shape index (κ1) is 88.0. The number of likely N-dealkylation sites (N-methyl/N-ethyl adjacent to an activating group) is 1. The number of carbonyl (C=O) groups is 9. The monoisotopic (exact) mass is 1730 g/mol. The first-order valence-electron chi connectivity index (χ1n) is 38.8. The molecule has 0 radical (unpaired) electrons. The number of benzene rings is 7. The van der Waals surface area contributed by atoms with Gasteiger partial charge in [0.15, 0.2) is 35.1 Å². The fraction of sp³-hybridized carbons (Fsp3) is 0.386. The van der Waals surface area contributed by atoms with E-state index < -0.39 is 271 Å². The molecule has 648 valence electrons. The van der Waals surface area contributed by atoms with Crippen molar-refractivity contribution in [1.82, 2.24) is 42.5 Å². The van der Waals surface area contributed by atoms with E-state index in [0.717, 1.165) is 106 Å². The van der Waals surface area contributed by atoms with Crippen molar-refractivity contribution in [3.63, 3.8) is 0 Å². The SMILES string of the molecule is CN[C@H]1C(=O)N[C@@H]2Cc3ccc(cc3)Oc3cc4cc(c3O[C@@H]3O[C@H](C(=O)OC)[C@@H](O)[C@H](O)[C@H]3NC(=O)CCCCCCCC(C)C)Oc3ccc(cc3Cl)[C@@H](O)[C@@H]3NC(=O)[C@H](NC(=O)[C@@H]4NC(=O)[C@@H](NC2=O)c2cc(cc(O)c2Cl)Oc2cc1ccc2O)c1ccc(O)c(c1)-c1c(O[C@H]2O[C@H](CO)[C@@H](O)[C@H](O)[C@@H]2O)cc(O)cc1[C@@H](C(=O)O)NC3=O. The summed E-state index contributed by atoms with van der Waals surface area (Å²) in [5.74, 6) is -18.2. The number of unbranched alkanes of at least 4 members (excludes halogenated alkanes) is 4. The van der Waals surface area contributed by atoms with Crippen molar-refractivity contribution in [2.75, 3.05) is 20.8 Å². The Morgan fingerprint density at radius 2 is 1.20 bits per heavy atom. The van der Waals surface area contributed by atoms with E-state index in [1.165, 1.54) is 49.5 Å². The summed E-state index contributed by atoms with van der Waals surface area (Å²) >= 11 is 14.2. The Labute approximate surface area is 704 Å². The van der Waals surface area contributed by atoms with Crippen LogP contribution in [0.25, 0.3) is 11.1 Å². The molecule has 7 aromatic rings. The van der Waals surface area contributed by atoms with Gasteiger partial charge >= 0.3 is 11.9 Å². The van der Waals surface area contributed by atoms with Crippen molar-refractivity contribution in [3.8, 4) is 80.1 Å². The number of amides is 7. The van der Waals surface area contributed by atoms with E-state index in [2.05, 4.69) is 56.4 Å². The number of esters is 1. The number of nitrogens with one attached hydrogen (secondary N) is 8. The number of fused-ring (bicyclic) bond motifs is 14. The summed E-state index contributed by atoms with van der Waals surface area (Å²) in [4.78, 5) is 136. The molecule has 8 aliphatic rings. The van der Waals surface area contributed by atoms with Gasteiger partial charge in [0, 0.05) is 47.2 Å². The highest BCUT2D eigenvalue weighted by atomic mass is 35.5. The van der Waals surface area contributed by atoms with Crippen LogP contribution in [0.1, 0.15) is 134 Å². The third-order valence-electron chi connectivity index (χ3n) is 21.6. The maximum absolute atomic E-state index is 16.7. The number of hydrogen-bond donors (Lipinski definition) is 20. The van der Waals surface area contributed by atoms with E-state index in [1.807, 2.05) is 0 Å². The van der Waals surface area contributed by atoms with Crippen molar-refractivity contribution in [1.29, 1.82) is 0 Å². The fourth-order valence-corrected chi connectivity index (χ4v) is 15.6. The molecule has 37 nitrogen and oxygen atoms in total. The second-order valence-electron chi connectivity index (χ2n) is 30.4. The van der Waals surface area contributed by atoms with E-state index in [1.54, 1.807) is 0 Å². The standard InChI is InChI=1S/C83H88Cl2N8O29/c1-33(2)10-8-6-5-7-9-11-56(99)88-65-68(102)70(104)73(81(114)115-4)122-82(65)121-72-53-26-38-27-54(72)118-50-21-16-37(24-45(50)84)66(100)64-79(111)92-63(80(112)113)43-28-39(95)29-52(119-83-71(105)69(103)67(101)55(32-94)120-83)57(43)42-23-35(14-19-47(42)96)60(76(108)93-64)89-77(109)61(38)90-78(110)62-44-30-41(31-49(98)58(44)85)117-51-25-36(15-20-48(51)97)59(86-3)75(107)87-46(74(106)91-62)22-34-12-17-40(116-53)18-13-34/h12-21,23-31,33,46,55,59-71,73,82-83,86,94-98,100-105H,5-11,22,32H2,1-4H3,(H,87,107)(H,88,99)(H,89,109)(H,90,110)(H,91,106)(H,92,111)(H,93,108)(H,112,113)/t46-,55-,59-,60-,61-,62+,63+,64+,65-,66-,67-,68-,69+,70+,71+,73+,82-,83+/m1/s1. The van der Waals surface area contributed by atoms with Gasteiger partial charge in [0.1, 0.15) is 125 Å². The van der Waals surface area contributed by atoms with Crippen LogP contribution in [0.5, 0.6) is 69.0 Å². The normalized spacial score (nSPS) is 26.5. The van der Waals surface area contributed by atoms with Gasteiger partial charge < -0.3 is 142 Å². The lowest BCUT2D eigenvalue weighted by Gasteiger charge is -2.41. The zero-order valence-electron chi connectivity index (χ0n) is 65.4. The molecule has 8 aliphatic heterocycles. The van der Waals surface area contributed by atoms with Gasteiger partial charge in [0.05, 0.1) is 23.8 Å². The summed E-state index contributed by atoms with van der Waals surface area (Å²) in [5.41, 5.74) is -3.20. The topological polar surface area (TPSA) is 566 Å². The average Bonchev–Trinajstić information content (AvgIpc) is 0.757. The number of ether oxygens (including phenoxy) is 8. The van der Waals surface area contributed by atoms with Crippen LogP contribution in [0.2, 0.25) is 10.0 Å². The summed E-state index contributed by atoms with van der Waals surface area (Å²) in [7, 11) is 2.38. The molecule has 8 heterocycles. The molecule has 20 N–H and O–H groups in total. The number of phenolic OH excluding ortho intramolecular Hbond substituents is 4. The van der Waals surface area contributed by atoms with Crippen molar-refractivity contribution in [3.05, 3.63) is 164 Å².